The molecule has 1 fully saturated rings. The number of urea groups is 2. The van der Waals surface area contributed by atoms with Gasteiger partial charge < -0.3 is 25.2 Å². The molecule has 1 aliphatic rings. The number of para-hydroxylation sites is 1. The van der Waals surface area contributed by atoms with Crippen LogP contribution in [-0.4, -0.2) is 65.1 Å². The van der Waals surface area contributed by atoms with Crippen molar-refractivity contribution in [3.05, 3.63) is 54.7 Å². The number of aromatic nitrogens is 2. The summed E-state index contributed by atoms with van der Waals surface area (Å²) in [7, 11) is 3.34. The van der Waals surface area contributed by atoms with Gasteiger partial charge in [-0.25, -0.2) is 14.6 Å². The second-order valence-electron chi connectivity index (χ2n) is 7.64. The Morgan fingerprint density at radius 3 is 2.53 bits per heavy atom. The molecule has 9 nitrogen and oxygen atoms in total. The van der Waals surface area contributed by atoms with Crippen molar-refractivity contribution in [3.8, 4) is 5.88 Å². The molecule has 3 aromatic rings. The molecule has 1 saturated heterocycles. The molecule has 1 aliphatic heterocycles. The Labute approximate surface area is 186 Å². The van der Waals surface area contributed by atoms with Gasteiger partial charge in [0.15, 0.2) is 0 Å². The summed E-state index contributed by atoms with van der Waals surface area (Å²) < 4.78 is 5.19. The van der Waals surface area contributed by atoms with Crippen LogP contribution in [0.1, 0.15) is 12.8 Å². The zero-order valence-electron chi connectivity index (χ0n) is 18.1. The lowest BCUT2D eigenvalue weighted by molar-refractivity contribution is 0.151. The summed E-state index contributed by atoms with van der Waals surface area (Å²) in [5, 5.41) is 5.84. The van der Waals surface area contributed by atoms with E-state index < -0.39 is 0 Å². The number of carbonyl (C=O) groups is 2. The first-order valence-electron chi connectivity index (χ1n) is 10.5. The fourth-order valence-electron chi connectivity index (χ4n) is 3.77. The van der Waals surface area contributed by atoms with Gasteiger partial charge in [0, 0.05) is 44.1 Å². The number of carbonyl (C=O) groups excluding carboxylic acids is 2. The Kier molecular flexibility index (Phi) is 6.34. The number of nitrogens with zero attached hydrogens (tertiary/aromatic N) is 4. The molecule has 0 unspecified atom stereocenters. The molecule has 0 saturated carbocycles. The molecule has 0 aliphatic carbocycles. The van der Waals surface area contributed by atoms with Crippen LogP contribution in [0, 0.1) is 0 Å². The Balaban J connectivity index is 1.35. The zero-order valence-corrected chi connectivity index (χ0v) is 18.1. The summed E-state index contributed by atoms with van der Waals surface area (Å²) in [6.45, 7) is 1.11. The minimum atomic E-state index is -0.197. The van der Waals surface area contributed by atoms with Crippen LogP contribution < -0.4 is 15.4 Å². The second-order valence-corrected chi connectivity index (χ2v) is 7.64. The summed E-state index contributed by atoms with van der Waals surface area (Å²) in [5.41, 5.74) is 2.59. The quantitative estimate of drug-likeness (QED) is 0.651. The van der Waals surface area contributed by atoms with Crippen molar-refractivity contribution in [1.29, 1.82) is 0 Å². The number of hydrogen-bond donors (Lipinski definition) is 2. The average molecular weight is 435 g/mol. The predicted molar refractivity (Wildman–Crippen MR) is 123 cm³/mol. The number of anilines is 2. The van der Waals surface area contributed by atoms with Gasteiger partial charge in [-0.05, 0) is 37.1 Å². The average Bonchev–Trinajstić information content (AvgIpc) is 2.84. The maximum atomic E-state index is 12.9. The van der Waals surface area contributed by atoms with E-state index in [2.05, 4.69) is 20.6 Å². The number of amides is 4. The third-order valence-corrected chi connectivity index (χ3v) is 5.65. The van der Waals surface area contributed by atoms with E-state index in [4.69, 9.17) is 4.74 Å². The van der Waals surface area contributed by atoms with E-state index >= 15 is 0 Å². The molecule has 3 heterocycles. The Bertz CT molecular complexity index is 1100. The molecule has 2 N–H and O–H groups in total. The maximum absolute atomic E-state index is 12.9. The van der Waals surface area contributed by atoms with Crippen LogP contribution in [0.4, 0.5) is 21.0 Å². The summed E-state index contributed by atoms with van der Waals surface area (Å²) >= 11 is 0. The van der Waals surface area contributed by atoms with Gasteiger partial charge >= 0.3 is 12.1 Å². The first-order valence-corrected chi connectivity index (χ1v) is 10.5. The number of nitrogens with one attached hydrogen (secondary N) is 2. The number of ether oxygens (including phenoxy) is 1. The maximum Gasteiger partial charge on any atom is 0.321 e. The van der Waals surface area contributed by atoms with Gasteiger partial charge in [-0.15, -0.1) is 0 Å². The SMILES string of the molecule is COc1ccc2nccc(NC(=O)N3CCC(N(C)C(=O)Nc4ccccc4)CC3)c2n1. The van der Waals surface area contributed by atoms with Crippen LogP contribution in [-0.2, 0) is 0 Å². The topological polar surface area (TPSA) is 99.7 Å². The molecule has 4 rings (SSSR count). The van der Waals surface area contributed by atoms with Crippen molar-refractivity contribution < 1.29 is 14.3 Å². The number of likely N-dealkylation sites (tertiary alicyclic amines) is 1. The number of rotatable bonds is 4. The van der Waals surface area contributed by atoms with E-state index in [-0.39, 0.29) is 18.1 Å². The molecule has 0 spiro atoms. The highest BCUT2D eigenvalue weighted by Crippen LogP contribution is 2.23. The number of hydrogen-bond acceptors (Lipinski definition) is 5. The second kappa shape index (κ2) is 9.51. The summed E-state index contributed by atoms with van der Waals surface area (Å²) in [4.78, 5) is 37.6. The molecular weight excluding hydrogens is 408 g/mol. The van der Waals surface area contributed by atoms with Gasteiger partial charge in [0.2, 0.25) is 5.88 Å². The molecule has 0 bridgehead atoms. The van der Waals surface area contributed by atoms with Crippen molar-refractivity contribution in [2.45, 2.75) is 18.9 Å². The molecule has 9 heteroatoms. The fourth-order valence-corrected chi connectivity index (χ4v) is 3.77. The standard InChI is InChI=1S/C23H26N6O3/c1-28(22(30)25-16-6-4-3-5-7-16)17-11-14-29(15-12-17)23(31)26-19-10-13-24-18-8-9-20(32-2)27-21(18)19/h3-10,13,17H,11-12,14-15H2,1-2H3,(H,25,30)(H,24,26,31). The molecular formula is C23H26N6O3. The van der Waals surface area contributed by atoms with Crippen molar-refractivity contribution in [3.63, 3.8) is 0 Å². The highest BCUT2D eigenvalue weighted by atomic mass is 16.5. The minimum Gasteiger partial charge on any atom is -0.481 e. The first kappa shape index (κ1) is 21.4. The number of benzene rings is 1. The lowest BCUT2D eigenvalue weighted by Crippen LogP contribution is -2.49. The Morgan fingerprint density at radius 1 is 1.06 bits per heavy atom. The first-order chi connectivity index (χ1) is 15.5. The third-order valence-electron chi connectivity index (χ3n) is 5.65. The molecule has 4 amide bonds. The van der Waals surface area contributed by atoms with Crippen LogP contribution in [0.3, 0.4) is 0 Å². The van der Waals surface area contributed by atoms with E-state index in [0.29, 0.717) is 48.5 Å². The van der Waals surface area contributed by atoms with Crippen molar-refractivity contribution in [2.75, 3.05) is 37.9 Å². The predicted octanol–water partition coefficient (Wildman–Crippen LogP) is 3.80. The van der Waals surface area contributed by atoms with E-state index in [1.54, 1.807) is 48.4 Å². The van der Waals surface area contributed by atoms with Gasteiger partial charge in [0.05, 0.1) is 18.3 Å². The zero-order chi connectivity index (χ0) is 22.5. The normalized spacial score (nSPS) is 14.1. The number of piperidine rings is 1. The molecule has 32 heavy (non-hydrogen) atoms. The number of pyridine rings is 2. The van der Waals surface area contributed by atoms with E-state index in [9.17, 15) is 9.59 Å². The number of methoxy groups -OCH3 is 1. The lowest BCUT2D eigenvalue weighted by Gasteiger charge is -2.36. The summed E-state index contributed by atoms with van der Waals surface area (Å²) in [6.07, 6.45) is 3.04. The number of fused-ring (bicyclic) bond motifs is 1. The van der Waals surface area contributed by atoms with Crippen LogP contribution in [0.15, 0.2) is 54.7 Å². The van der Waals surface area contributed by atoms with Gasteiger partial charge in [-0.1, -0.05) is 18.2 Å². The van der Waals surface area contributed by atoms with Gasteiger partial charge in [-0.2, -0.15) is 0 Å². The van der Waals surface area contributed by atoms with Gasteiger partial charge in [-0.3, -0.25) is 4.98 Å². The summed E-state index contributed by atoms with van der Waals surface area (Å²) in [6, 6.07) is 14.3. The van der Waals surface area contributed by atoms with Gasteiger partial charge in [0.1, 0.15) is 5.52 Å². The molecule has 166 valence electrons. The van der Waals surface area contributed by atoms with Crippen molar-refractivity contribution in [2.24, 2.45) is 0 Å². The van der Waals surface area contributed by atoms with Crippen LogP contribution in [0.5, 0.6) is 5.88 Å². The minimum absolute atomic E-state index is 0.0652. The highest BCUT2D eigenvalue weighted by Gasteiger charge is 2.28. The van der Waals surface area contributed by atoms with Crippen LogP contribution in [0.2, 0.25) is 0 Å². The van der Waals surface area contributed by atoms with Crippen LogP contribution in [0.25, 0.3) is 11.0 Å². The van der Waals surface area contributed by atoms with Crippen LogP contribution >= 0.6 is 0 Å². The fraction of sp³-hybridized carbons (Fsp3) is 0.304. The molecule has 2 aromatic heterocycles. The monoisotopic (exact) mass is 434 g/mol. The van der Waals surface area contributed by atoms with Gasteiger partial charge in [0.25, 0.3) is 0 Å². The molecule has 1 aromatic carbocycles. The van der Waals surface area contributed by atoms with E-state index in [1.165, 1.54) is 0 Å². The largest absolute Gasteiger partial charge is 0.481 e. The molecule has 0 radical (unpaired) electrons. The molecule has 0 atom stereocenters. The van der Waals surface area contributed by atoms with Crippen molar-refractivity contribution >= 4 is 34.5 Å². The Hall–Kier alpha value is -3.88. The third kappa shape index (κ3) is 4.72. The smallest absolute Gasteiger partial charge is 0.321 e. The lowest BCUT2D eigenvalue weighted by atomic mass is 10.0. The van der Waals surface area contributed by atoms with E-state index in [1.807, 2.05) is 30.3 Å². The Morgan fingerprint density at radius 2 is 1.81 bits per heavy atom. The van der Waals surface area contributed by atoms with E-state index in [0.717, 1.165) is 5.69 Å². The highest BCUT2D eigenvalue weighted by molar-refractivity contribution is 5.98. The van der Waals surface area contributed by atoms with Crippen molar-refractivity contribution in [1.82, 2.24) is 19.8 Å². The summed E-state index contributed by atoms with van der Waals surface area (Å²) in [5.74, 6) is 0.457.